The van der Waals surface area contributed by atoms with Crippen LogP contribution in [0.2, 0.25) is 0 Å². The largest absolute Gasteiger partial charge is 0.493 e. The molecule has 0 fully saturated rings. The Bertz CT molecular complexity index is 834. The fraction of sp³-hybridized carbons (Fsp3) is 0.211. The molecule has 130 valence electrons. The summed E-state index contributed by atoms with van der Waals surface area (Å²) >= 11 is 3.31. The molecule has 0 atom stereocenters. The summed E-state index contributed by atoms with van der Waals surface area (Å²) in [5.41, 5.74) is 1.05. The number of rotatable bonds is 8. The first-order chi connectivity index (χ1) is 12.3. The van der Waals surface area contributed by atoms with Crippen molar-refractivity contribution in [2.24, 2.45) is 0 Å². The van der Waals surface area contributed by atoms with Crippen molar-refractivity contribution in [2.45, 2.75) is 17.1 Å². The van der Waals surface area contributed by atoms with Gasteiger partial charge in [-0.25, -0.2) is 0 Å². The van der Waals surface area contributed by atoms with Crippen molar-refractivity contribution in [3.63, 3.8) is 0 Å². The van der Waals surface area contributed by atoms with Gasteiger partial charge in [0.05, 0.1) is 23.6 Å². The topological polar surface area (TPSA) is 47.6 Å². The molecule has 3 aromatic rings. The second-order valence-electron chi connectivity index (χ2n) is 5.32. The minimum absolute atomic E-state index is 0.210. The molecular formula is C19H19NO3S2. The summed E-state index contributed by atoms with van der Waals surface area (Å²) in [4.78, 5) is 11.2. The Labute approximate surface area is 155 Å². The summed E-state index contributed by atoms with van der Waals surface area (Å²) in [6, 6.07) is 16.3. The standard InChI is InChI=1S/C19H19NO3S2/c1-22-18(21)8-4-12-23-17-11-10-16(14-6-2-3-7-15(14)17)20-25-19-9-5-13-24-19/h2-3,5-7,9-11,13,20H,4,8,12H2,1H3. The maximum absolute atomic E-state index is 11.2. The van der Waals surface area contributed by atoms with Gasteiger partial charge in [-0.05, 0) is 41.9 Å². The number of ether oxygens (including phenoxy) is 2. The fourth-order valence-electron chi connectivity index (χ4n) is 2.41. The Morgan fingerprint density at radius 1 is 1.12 bits per heavy atom. The van der Waals surface area contributed by atoms with Gasteiger partial charge in [0.1, 0.15) is 5.75 Å². The first kappa shape index (κ1) is 17.6. The first-order valence-electron chi connectivity index (χ1n) is 7.95. The summed E-state index contributed by atoms with van der Waals surface area (Å²) < 4.78 is 15.2. The molecule has 0 aliphatic heterocycles. The van der Waals surface area contributed by atoms with E-state index in [9.17, 15) is 4.79 Å². The van der Waals surface area contributed by atoms with Crippen molar-refractivity contribution in [1.82, 2.24) is 0 Å². The van der Waals surface area contributed by atoms with Crippen LogP contribution >= 0.6 is 23.3 Å². The van der Waals surface area contributed by atoms with E-state index >= 15 is 0 Å². The van der Waals surface area contributed by atoms with Gasteiger partial charge in [0.25, 0.3) is 0 Å². The predicted octanol–water partition coefficient (Wildman–Crippen LogP) is 5.35. The van der Waals surface area contributed by atoms with Gasteiger partial charge >= 0.3 is 5.97 Å². The molecule has 1 aromatic heterocycles. The van der Waals surface area contributed by atoms with Gasteiger partial charge in [0.15, 0.2) is 0 Å². The number of hydrogen-bond acceptors (Lipinski definition) is 6. The van der Waals surface area contributed by atoms with E-state index in [0.717, 1.165) is 22.2 Å². The molecule has 1 N–H and O–H groups in total. The molecule has 0 saturated heterocycles. The van der Waals surface area contributed by atoms with Crippen LogP contribution in [0.3, 0.4) is 0 Å². The summed E-state index contributed by atoms with van der Waals surface area (Å²) in [5, 5.41) is 4.22. The Balaban J connectivity index is 1.70. The number of anilines is 1. The van der Waals surface area contributed by atoms with Crippen molar-refractivity contribution < 1.29 is 14.3 Å². The van der Waals surface area contributed by atoms with Crippen molar-refractivity contribution in [3.05, 3.63) is 53.9 Å². The second kappa shape index (κ2) is 8.78. The zero-order valence-corrected chi connectivity index (χ0v) is 15.5. The molecule has 3 rings (SSSR count). The molecule has 0 aliphatic carbocycles. The Morgan fingerprint density at radius 2 is 1.96 bits per heavy atom. The Kier molecular flexibility index (Phi) is 6.19. The van der Waals surface area contributed by atoms with Crippen molar-refractivity contribution in [1.29, 1.82) is 0 Å². The second-order valence-corrected chi connectivity index (χ2v) is 7.38. The quantitative estimate of drug-likeness (QED) is 0.327. The van der Waals surface area contributed by atoms with Crippen LogP contribution in [0.4, 0.5) is 5.69 Å². The zero-order chi connectivity index (χ0) is 17.5. The molecule has 1 heterocycles. The molecule has 0 aliphatic rings. The summed E-state index contributed by atoms with van der Waals surface area (Å²) in [5.74, 6) is 0.616. The summed E-state index contributed by atoms with van der Waals surface area (Å²) in [7, 11) is 1.40. The fourth-order valence-corrected chi connectivity index (χ4v) is 3.88. The van der Waals surface area contributed by atoms with Crippen molar-refractivity contribution >= 4 is 45.7 Å². The highest BCUT2D eigenvalue weighted by atomic mass is 32.2. The monoisotopic (exact) mass is 373 g/mol. The summed E-state index contributed by atoms with van der Waals surface area (Å²) in [6.45, 7) is 0.482. The third-order valence-electron chi connectivity index (χ3n) is 3.65. The van der Waals surface area contributed by atoms with Gasteiger partial charge in [-0.2, -0.15) is 0 Å². The van der Waals surface area contributed by atoms with Gasteiger partial charge in [-0.3, -0.25) is 4.79 Å². The van der Waals surface area contributed by atoms with Crippen LogP contribution in [0.1, 0.15) is 12.8 Å². The van der Waals surface area contributed by atoms with E-state index in [2.05, 4.69) is 27.0 Å². The van der Waals surface area contributed by atoms with Gasteiger partial charge in [0, 0.05) is 17.2 Å². The average molecular weight is 373 g/mol. The Hall–Kier alpha value is -2.18. The number of nitrogens with one attached hydrogen (secondary N) is 1. The average Bonchev–Trinajstić information content (AvgIpc) is 3.17. The number of hydrogen-bond donors (Lipinski definition) is 1. The lowest BCUT2D eigenvalue weighted by Gasteiger charge is -2.13. The highest BCUT2D eigenvalue weighted by Crippen LogP contribution is 2.34. The number of carbonyl (C=O) groups is 1. The molecule has 2 aromatic carbocycles. The molecule has 0 bridgehead atoms. The van der Waals surface area contributed by atoms with E-state index in [1.54, 1.807) is 23.3 Å². The van der Waals surface area contributed by atoms with Crippen molar-refractivity contribution in [3.8, 4) is 5.75 Å². The van der Waals surface area contributed by atoms with Gasteiger partial charge in [-0.1, -0.05) is 30.3 Å². The molecule has 25 heavy (non-hydrogen) atoms. The SMILES string of the molecule is COC(=O)CCCOc1ccc(NSc2cccs2)c2ccccc12. The number of benzene rings is 2. The molecule has 0 amide bonds. The maximum atomic E-state index is 11.2. The molecule has 0 saturated carbocycles. The maximum Gasteiger partial charge on any atom is 0.305 e. The van der Waals surface area contributed by atoms with E-state index in [1.165, 1.54) is 11.3 Å². The van der Waals surface area contributed by atoms with Crippen LogP contribution in [0, 0.1) is 0 Å². The van der Waals surface area contributed by atoms with Gasteiger partial charge < -0.3 is 14.2 Å². The van der Waals surface area contributed by atoms with Crippen LogP contribution in [0.25, 0.3) is 10.8 Å². The minimum atomic E-state index is -0.210. The highest BCUT2D eigenvalue weighted by molar-refractivity contribution is 8.02. The number of methoxy groups -OCH3 is 1. The highest BCUT2D eigenvalue weighted by Gasteiger charge is 2.08. The predicted molar refractivity (Wildman–Crippen MR) is 104 cm³/mol. The van der Waals surface area contributed by atoms with Crippen LogP contribution in [0.15, 0.2) is 58.1 Å². The number of esters is 1. The molecule has 0 spiro atoms. The van der Waals surface area contributed by atoms with E-state index in [4.69, 9.17) is 4.74 Å². The molecule has 6 heteroatoms. The lowest BCUT2D eigenvalue weighted by molar-refractivity contribution is -0.140. The van der Waals surface area contributed by atoms with E-state index in [-0.39, 0.29) is 5.97 Å². The number of carbonyl (C=O) groups excluding carboxylic acids is 1. The third-order valence-corrected chi connectivity index (χ3v) is 5.51. The molecule has 0 radical (unpaired) electrons. The number of thiophene rings is 1. The van der Waals surface area contributed by atoms with Crippen molar-refractivity contribution in [2.75, 3.05) is 18.4 Å². The third kappa shape index (κ3) is 4.67. The lowest BCUT2D eigenvalue weighted by atomic mass is 10.1. The molecule has 4 nitrogen and oxygen atoms in total. The minimum Gasteiger partial charge on any atom is -0.493 e. The number of fused-ring (bicyclic) bond motifs is 1. The normalized spacial score (nSPS) is 10.6. The Morgan fingerprint density at radius 3 is 2.72 bits per heavy atom. The van der Waals surface area contributed by atoms with Crippen LogP contribution < -0.4 is 9.46 Å². The van der Waals surface area contributed by atoms with Gasteiger partial charge in [-0.15, -0.1) is 11.3 Å². The van der Waals surface area contributed by atoms with E-state index in [1.807, 2.05) is 36.4 Å². The molecular weight excluding hydrogens is 354 g/mol. The summed E-state index contributed by atoms with van der Waals surface area (Å²) in [6.07, 6.45) is 1.00. The van der Waals surface area contributed by atoms with E-state index < -0.39 is 0 Å². The van der Waals surface area contributed by atoms with Gasteiger partial charge in [0.2, 0.25) is 0 Å². The van der Waals surface area contributed by atoms with Crippen LogP contribution in [-0.2, 0) is 9.53 Å². The first-order valence-corrected chi connectivity index (χ1v) is 9.65. The van der Waals surface area contributed by atoms with E-state index in [0.29, 0.717) is 19.4 Å². The lowest BCUT2D eigenvalue weighted by Crippen LogP contribution is -2.04. The molecule has 0 unspecified atom stereocenters. The zero-order valence-electron chi connectivity index (χ0n) is 13.9. The van der Waals surface area contributed by atoms with Crippen LogP contribution in [-0.4, -0.2) is 19.7 Å². The van der Waals surface area contributed by atoms with Crippen LogP contribution in [0.5, 0.6) is 5.75 Å². The smallest absolute Gasteiger partial charge is 0.305 e.